The first-order chi connectivity index (χ1) is 14.6. The number of ether oxygens (including phenoxy) is 2. The molecule has 2 atom stereocenters. The number of rotatable bonds is 3. The highest BCUT2D eigenvalue weighted by molar-refractivity contribution is 6.23. The van der Waals surface area contributed by atoms with Crippen molar-refractivity contribution in [3.05, 3.63) is 53.6 Å². The van der Waals surface area contributed by atoms with Crippen molar-refractivity contribution >= 4 is 17.6 Å². The van der Waals surface area contributed by atoms with Crippen LogP contribution in [0.2, 0.25) is 0 Å². The number of urea groups is 1. The summed E-state index contributed by atoms with van der Waals surface area (Å²) in [5.41, 5.74) is 2.09. The first-order valence-corrected chi connectivity index (χ1v) is 10.3. The number of benzene rings is 2. The molecular weight excluding hydrogens is 382 g/mol. The molecule has 0 bridgehead atoms. The van der Waals surface area contributed by atoms with E-state index in [0.29, 0.717) is 24.3 Å². The molecule has 3 aliphatic heterocycles. The number of carbonyl (C=O) groups is 2. The number of amides is 3. The molecule has 5 rings (SSSR count). The lowest BCUT2D eigenvalue weighted by molar-refractivity contribution is -0.124. The molecule has 2 fully saturated rings. The fraction of sp³-hybridized carbons (Fsp3) is 0.391. The van der Waals surface area contributed by atoms with Crippen molar-refractivity contribution in [2.24, 2.45) is 0 Å². The number of nitrogens with one attached hydrogen (secondary N) is 1. The predicted molar refractivity (Wildman–Crippen MR) is 112 cm³/mol. The van der Waals surface area contributed by atoms with Crippen LogP contribution in [0.25, 0.3) is 0 Å². The summed E-state index contributed by atoms with van der Waals surface area (Å²) in [6.07, 6.45) is 2.08. The summed E-state index contributed by atoms with van der Waals surface area (Å²) in [6.45, 7) is 1.68. The third-order valence-corrected chi connectivity index (χ3v) is 6.66. The minimum absolute atomic E-state index is 0.0438. The van der Waals surface area contributed by atoms with Crippen molar-refractivity contribution in [3.8, 4) is 11.5 Å². The zero-order chi connectivity index (χ0) is 20.9. The predicted octanol–water partition coefficient (Wildman–Crippen LogP) is 2.89. The molecule has 3 amide bonds. The van der Waals surface area contributed by atoms with Gasteiger partial charge in [0.05, 0.1) is 19.9 Å². The molecule has 0 unspecified atom stereocenters. The molecule has 2 aromatic rings. The Labute approximate surface area is 175 Å². The summed E-state index contributed by atoms with van der Waals surface area (Å²) in [7, 11) is 3.27. The lowest BCUT2D eigenvalue weighted by Gasteiger charge is -2.46. The van der Waals surface area contributed by atoms with Gasteiger partial charge in [-0.05, 0) is 54.7 Å². The van der Waals surface area contributed by atoms with Crippen molar-refractivity contribution in [2.75, 3.05) is 32.2 Å². The van der Waals surface area contributed by atoms with Crippen LogP contribution in [0, 0.1) is 0 Å². The minimum atomic E-state index is -0.879. The van der Waals surface area contributed by atoms with E-state index in [9.17, 15) is 9.59 Å². The Morgan fingerprint density at radius 1 is 1.03 bits per heavy atom. The van der Waals surface area contributed by atoms with Gasteiger partial charge in [-0.25, -0.2) is 9.69 Å². The summed E-state index contributed by atoms with van der Waals surface area (Å²) in [4.78, 5) is 30.0. The average molecular weight is 407 g/mol. The van der Waals surface area contributed by atoms with Crippen LogP contribution >= 0.6 is 0 Å². The first kappa shape index (κ1) is 18.9. The summed E-state index contributed by atoms with van der Waals surface area (Å²) in [5.74, 6) is 1.24. The zero-order valence-corrected chi connectivity index (χ0v) is 17.2. The standard InChI is InChI=1S/C23H25N3O4/c1-29-19-12-15-8-10-25-11-9-23(14-18(25)17(15)13-20(19)30-2)21(27)26(22(28)24-23)16-6-4-3-5-7-16/h3-7,12-13,18H,8-11,14H2,1-2H3,(H,24,28)/t18-,23+/m0/s1. The van der Waals surface area contributed by atoms with Gasteiger partial charge < -0.3 is 14.8 Å². The van der Waals surface area contributed by atoms with Gasteiger partial charge in [0.2, 0.25) is 0 Å². The molecule has 2 aromatic carbocycles. The molecule has 7 nitrogen and oxygen atoms in total. The molecule has 2 saturated heterocycles. The Bertz CT molecular complexity index is 1010. The van der Waals surface area contributed by atoms with Crippen LogP contribution in [0.5, 0.6) is 11.5 Å². The van der Waals surface area contributed by atoms with E-state index in [0.717, 1.165) is 30.8 Å². The van der Waals surface area contributed by atoms with Crippen LogP contribution in [-0.4, -0.2) is 49.7 Å². The van der Waals surface area contributed by atoms with Crippen molar-refractivity contribution in [1.29, 1.82) is 0 Å². The number of nitrogens with zero attached hydrogens (tertiary/aromatic N) is 2. The monoisotopic (exact) mass is 407 g/mol. The van der Waals surface area contributed by atoms with E-state index in [4.69, 9.17) is 9.47 Å². The molecule has 3 heterocycles. The smallest absolute Gasteiger partial charge is 0.329 e. The maximum Gasteiger partial charge on any atom is 0.329 e. The lowest BCUT2D eigenvalue weighted by atomic mass is 9.77. The van der Waals surface area contributed by atoms with E-state index < -0.39 is 5.54 Å². The molecular formula is C23H25N3O4. The average Bonchev–Trinajstić information content (AvgIpc) is 3.02. The fourth-order valence-electron chi connectivity index (χ4n) is 5.09. The van der Waals surface area contributed by atoms with Crippen molar-refractivity contribution in [3.63, 3.8) is 0 Å². The van der Waals surface area contributed by atoms with Gasteiger partial charge in [0.25, 0.3) is 5.91 Å². The Kier molecular flexibility index (Phi) is 4.43. The quantitative estimate of drug-likeness (QED) is 0.793. The third kappa shape index (κ3) is 2.76. The van der Waals surface area contributed by atoms with Crippen LogP contribution < -0.4 is 19.7 Å². The number of piperidine rings is 1. The summed E-state index contributed by atoms with van der Waals surface area (Å²) in [6, 6.07) is 12.9. The van der Waals surface area contributed by atoms with Gasteiger partial charge in [-0.1, -0.05) is 18.2 Å². The van der Waals surface area contributed by atoms with E-state index in [1.807, 2.05) is 30.3 Å². The Balaban J connectivity index is 1.50. The number of carbonyl (C=O) groups excluding carboxylic acids is 2. The van der Waals surface area contributed by atoms with Gasteiger partial charge in [0.1, 0.15) is 5.54 Å². The zero-order valence-electron chi connectivity index (χ0n) is 17.2. The third-order valence-electron chi connectivity index (χ3n) is 6.66. The molecule has 156 valence electrons. The van der Waals surface area contributed by atoms with Crippen molar-refractivity contribution < 1.29 is 19.1 Å². The summed E-state index contributed by atoms with van der Waals surface area (Å²) in [5, 5.41) is 3.04. The van der Waals surface area contributed by atoms with Crippen LogP contribution in [-0.2, 0) is 11.2 Å². The second-order valence-electron chi connectivity index (χ2n) is 8.15. The lowest BCUT2D eigenvalue weighted by Crippen LogP contribution is -2.57. The number of methoxy groups -OCH3 is 2. The number of hydrogen-bond donors (Lipinski definition) is 1. The maximum atomic E-state index is 13.5. The second-order valence-corrected chi connectivity index (χ2v) is 8.15. The highest BCUT2D eigenvalue weighted by atomic mass is 16.5. The highest BCUT2D eigenvalue weighted by Crippen LogP contribution is 2.46. The SMILES string of the molecule is COc1cc2c(cc1OC)[C@@H]1C[C@@]3(CCN1CC2)NC(=O)N(c1ccccc1)C3=O. The first-order valence-electron chi connectivity index (χ1n) is 10.3. The molecule has 0 saturated carbocycles. The van der Waals surface area contributed by atoms with Crippen molar-refractivity contribution in [2.45, 2.75) is 30.8 Å². The van der Waals surface area contributed by atoms with E-state index in [1.54, 1.807) is 26.4 Å². The number of fused-ring (bicyclic) bond motifs is 3. The number of para-hydroxylation sites is 1. The number of imide groups is 1. The second kappa shape index (κ2) is 7.02. The topological polar surface area (TPSA) is 71.1 Å². The molecule has 0 aromatic heterocycles. The van der Waals surface area contributed by atoms with Crippen LogP contribution in [0.15, 0.2) is 42.5 Å². The molecule has 30 heavy (non-hydrogen) atoms. The van der Waals surface area contributed by atoms with E-state index in [1.165, 1.54) is 10.5 Å². The van der Waals surface area contributed by atoms with Crippen LogP contribution in [0.3, 0.4) is 0 Å². The minimum Gasteiger partial charge on any atom is -0.493 e. The van der Waals surface area contributed by atoms with Gasteiger partial charge in [0, 0.05) is 19.1 Å². The maximum absolute atomic E-state index is 13.5. The van der Waals surface area contributed by atoms with Gasteiger partial charge in [-0.2, -0.15) is 0 Å². The van der Waals surface area contributed by atoms with Crippen LogP contribution in [0.4, 0.5) is 10.5 Å². The summed E-state index contributed by atoms with van der Waals surface area (Å²) < 4.78 is 11.0. The normalized spacial score (nSPS) is 25.7. The fourth-order valence-corrected chi connectivity index (χ4v) is 5.09. The van der Waals surface area contributed by atoms with E-state index >= 15 is 0 Å². The van der Waals surface area contributed by atoms with Gasteiger partial charge in [-0.15, -0.1) is 0 Å². The number of anilines is 1. The molecule has 0 radical (unpaired) electrons. The summed E-state index contributed by atoms with van der Waals surface area (Å²) >= 11 is 0. The Morgan fingerprint density at radius 2 is 1.77 bits per heavy atom. The highest BCUT2D eigenvalue weighted by Gasteiger charge is 2.55. The van der Waals surface area contributed by atoms with E-state index in [-0.39, 0.29) is 18.0 Å². The molecule has 0 aliphatic carbocycles. The molecule has 1 N–H and O–H groups in total. The van der Waals surface area contributed by atoms with Gasteiger partial charge in [-0.3, -0.25) is 9.69 Å². The molecule has 7 heteroatoms. The van der Waals surface area contributed by atoms with E-state index in [2.05, 4.69) is 10.2 Å². The Hall–Kier alpha value is -3.06. The number of hydrogen-bond acceptors (Lipinski definition) is 5. The van der Waals surface area contributed by atoms with Gasteiger partial charge in [0.15, 0.2) is 11.5 Å². The van der Waals surface area contributed by atoms with Crippen LogP contribution in [0.1, 0.15) is 30.0 Å². The van der Waals surface area contributed by atoms with Gasteiger partial charge >= 0.3 is 6.03 Å². The van der Waals surface area contributed by atoms with Crippen molar-refractivity contribution in [1.82, 2.24) is 10.2 Å². The largest absolute Gasteiger partial charge is 0.493 e. The molecule has 3 aliphatic rings. The Morgan fingerprint density at radius 3 is 2.50 bits per heavy atom. The molecule has 1 spiro atoms.